The Kier molecular flexibility index (Phi) is 12.5. The molecular weight excluding hydrogens is 830 g/mol. The first kappa shape index (κ1) is 43.3. The Hall–Kier alpha value is -6.34. The maximum Gasteiger partial charge on any atom is 0.264 e. The van der Waals surface area contributed by atoms with Crippen molar-refractivity contribution in [1.82, 2.24) is 35.2 Å². The molecule has 2 atom stereocenters. The number of amides is 5. The number of allylic oxidation sites excluding steroid dienone is 1. The molecule has 19 heteroatoms. The average molecular weight is 880 g/mol. The number of imide groups is 2. The van der Waals surface area contributed by atoms with Gasteiger partial charge in [0.25, 0.3) is 11.8 Å². The van der Waals surface area contributed by atoms with Crippen molar-refractivity contribution in [2.45, 2.75) is 70.4 Å². The molecule has 0 radical (unpaired) electrons. The van der Waals surface area contributed by atoms with E-state index in [0.717, 1.165) is 37.0 Å². The van der Waals surface area contributed by atoms with Gasteiger partial charge in [0.15, 0.2) is 5.82 Å². The van der Waals surface area contributed by atoms with Crippen molar-refractivity contribution < 1.29 is 32.9 Å². The number of benzene rings is 2. The van der Waals surface area contributed by atoms with Crippen LogP contribution in [0, 0.1) is 17.1 Å². The van der Waals surface area contributed by atoms with E-state index in [4.69, 9.17) is 11.1 Å². The third-order valence-electron chi connectivity index (χ3n) is 12.6. The van der Waals surface area contributed by atoms with Crippen molar-refractivity contribution in [1.29, 1.82) is 5.41 Å². The van der Waals surface area contributed by atoms with Crippen LogP contribution < -0.4 is 26.0 Å². The molecule has 5 amide bonds. The topological polar surface area (TPSA) is 235 Å². The van der Waals surface area contributed by atoms with Gasteiger partial charge in [-0.1, -0.05) is 12.1 Å². The highest BCUT2D eigenvalue weighted by Gasteiger charge is 2.46. The first-order valence-corrected chi connectivity index (χ1v) is 22.6. The van der Waals surface area contributed by atoms with E-state index in [0.29, 0.717) is 88.8 Å². The molecule has 330 valence electrons. The Labute approximate surface area is 366 Å². The summed E-state index contributed by atoms with van der Waals surface area (Å²) >= 11 is -1.41. The van der Waals surface area contributed by atoms with Gasteiger partial charge in [-0.25, -0.2) is 14.1 Å². The number of carbonyl (C=O) groups excluding carboxylic acids is 5. The minimum Gasteiger partial charge on any atom is -0.593 e. The molecule has 0 aliphatic carbocycles. The molecule has 2 aromatic carbocycles. The van der Waals surface area contributed by atoms with Crippen LogP contribution in [0.5, 0.6) is 0 Å². The zero-order valence-electron chi connectivity index (χ0n) is 35.1. The van der Waals surface area contributed by atoms with Gasteiger partial charge in [-0.15, -0.1) is 0 Å². The lowest BCUT2D eigenvalue weighted by molar-refractivity contribution is -0.136. The Morgan fingerprint density at radius 1 is 1.06 bits per heavy atom. The van der Waals surface area contributed by atoms with Crippen molar-refractivity contribution in [3.05, 3.63) is 71.3 Å². The third kappa shape index (κ3) is 8.58. The van der Waals surface area contributed by atoms with Gasteiger partial charge >= 0.3 is 0 Å². The van der Waals surface area contributed by atoms with Crippen molar-refractivity contribution in [2.24, 2.45) is 13.0 Å². The number of likely N-dealkylation sites (tertiary alicyclic amines) is 1. The van der Waals surface area contributed by atoms with E-state index in [1.54, 1.807) is 49.2 Å². The largest absolute Gasteiger partial charge is 0.593 e. The zero-order chi connectivity index (χ0) is 44.5. The number of aromatic nitrogens is 3. The maximum atomic E-state index is 15.1. The summed E-state index contributed by atoms with van der Waals surface area (Å²) in [6.45, 7) is 4.25. The molecule has 2 aromatic heterocycles. The number of carbonyl (C=O) groups is 5. The number of fused-ring (bicyclic) bond motifs is 2. The van der Waals surface area contributed by atoms with Crippen LogP contribution in [-0.2, 0) is 32.8 Å². The number of pyridine rings is 1. The van der Waals surface area contributed by atoms with E-state index >= 15 is 4.39 Å². The van der Waals surface area contributed by atoms with Crippen LogP contribution in [0.2, 0.25) is 0 Å². The van der Waals surface area contributed by atoms with Gasteiger partial charge in [0.05, 0.1) is 39.1 Å². The summed E-state index contributed by atoms with van der Waals surface area (Å²) in [4.78, 5) is 74.0. The number of nitrogens with zero attached hydrogens (tertiary/aromatic N) is 6. The predicted molar refractivity (Wildman–Crippen MR) is 237 cm³/mol. The highest BCUT2D eigenvalue weighted by atomic mass is 32.2. The minimum absolute atomic E-state index is 0.0603. The number of rotatable bonds is 13. The molecule has 4 aliphatic heterocycles. The lowest BCUT2D eigenvalue weighted by Crippen LogP contribution is -2.54. The Bertz CT molecular complexity index is 2530. The number of nitrogens with one attached hydrogen (secondary N) is 4. The molecule has 0 spiro atoms. The summed E-state index contributed by atoms with van der Waals surface area (Å²) in [6, 6.07) is 8.74. The number of nitrogen functional groups attached to an aromatic ring is 1. The first-order chi connectivity index (χ1) is 30.4. The molecule has 6 heterocycles. The zero-order valence-corrected chi connectivity index (χ0v) is 35.9. The Morgan fingerprint density at radius 2 is 1.83 bits per heavy atom. The normalized spacial score (nSPS) is 19.4. The number of halogens is 1. The van der Waals surface area contributed by atoms with Crippen LogP contribution in [0.4, 0.5) is 21.6 Å². The van der Waals surface area contributed by atoms with E-state index in [1.165, 1.54) is 18.3 Å². The molecule has 2 unspecified atom stereocenters. The quantitative estimate of drug-likeness (QED) is 0.0725. The van der Waals surface area contributed by atoms with E-state index in [9.17, 15) is 28.5 Å². The van der Waals surface area contributed by atoms with E-state index in [1.807, 2.05) is 11.0 Å². The van der Waals surface area contributed by atoms with E-state index in [2.05, 4.69) is 30.3 Å². The van der Waals surface area contributed by atoms with Crippen molar-refractivity contribution in [2.75, 3.05) is 47.3 Å². The van der Waals surface area contributed by atoms with Gasteiger partial charge in [0.2, 0.25) is 17.7 Å². The molecule has 63 heavy (non-hydrogen) atoms. The fourth-order valence-electron chi connectivity index (χ4n) is 9.10. The maximum absolute atomic E-state index is 15.1. The predicted octanol–water partition coefficient (Wildman–Crippen LogP) is 4.12. The summed E-state index contributed by atoms with van der Waals surface area (Å²) in [5.74, 6) is -1.69. The fourth-order valence-corrected chi connectivity index (χ4v) is 9.65. The van der Waals surface area contributed by atoms with Crippen molar-refractivity contribution in [3.63, 3.8) is 0 Å². The van der Waals surface area contributed by atoms with Crippen LogP contribution in [0.25, 0.3) is 27.7 Å². The van der Waals surface area contributed by atoms with Gasteiger partial charge in [0, 0.05) is 87.4 Å². The van der Waals surface area contributed by atoms with Crippen LogP contribution in [0.1, 0.15) is 84.6 Å². The molecule has 3 fully saturated rings. The SMILES string of the molecule is CC[S+]([O-])Nc1ccc(-c2nn(C)c3c(/C(C=N)=C/NC4CCN(C(=O)CCC5CCN(c6cccc7c6C(=O)N(C6CCC(=O)NC6=O)C7=O)CC5)CC4)cnc(N)c23)cc1F. The van der Waals surface area contributed by atoms with E-state index < -0.39 is 46.8 Å². The summed E-state index contributed by atoms with van der Waals surface area (Å²) in [5, 5.41) is 19.1. The fraction of sp³-hybridized carbons (Fsp3) is 0.409. The summed E-state index contributed by atoms with van der Waals surface area (Å²) in [7, 11) is 1.75. The molecule has 6 N–H and O–H groups in total. The third-order valence-corrected chi connectivity index (χ3v) is 13.5. The number of nitrogens with two attached hydrogens (primary N) is 1. The molecule has 4 aliphatic rings. The minimum atomic E-state index is -1.41. The number of anilines is 3. The Balaban J connectivity index is 0.835. The number of hydrogen-bond acceptors (Lipinski definition) is 13. The number of piperidine rings is 3. The van der Waals surface area contributed by atoms with Gasteiger partial charge in [-0.3, -0.25) is 38.9 Å². The molecule has 8 rings (SSSR count). The Morgan fingerprint density at radius 3 is 2.52 bits per heavy atom. The van der Waals surface area contributed by atoms with Crippen LogP contribution in [-0.4, -0.2) is 109 Å². The van der Waals surface area contributed by atoms with Crippen molar-refractivity contribution >= 4 is 80.8 Å². The molecule has 3 saturated heterocycles. The second-order valence-electron chi connectivity index (χ2n) is 16.4. The first-order valence-electron chi connectivity index (χ1n) is 21.3. The standard InChI is InChI=1S/C44H50FN11O6S/c1-3-63(62)52-32-9-8-26(21-31(32)45)39-38-40(53(2)51-39)30(24-49-41(38)47)27(22-46)23-48-28-15-19-55(20-16-28)36(58)12-7-25-13-17-54(18-14-25)33-6-4-5-29-37(33)44(61)56(43(29)60)34-10-11-35(57)50-42(34)59/h4-6,8-9,21-25,28,34,46,48,52H,3,7,10-20H2,1-2H3,(H2,47,49)(H,50,57,59)/b27-23+,46-22?. The van der Waals surface area contributed by atoms with Crippen LogP contribution >= 0.6 is 0 Å². The van der Waals surface area contributed by atoms with Crippen molar-refractivity contribution in [3.8, 4) is 11.3 Å². The summed E-state index contributed by atoms with van der Waals surface area (Å²) in [6.07, 6.45) is 9.06. The molecule has 4 aromatic rings. The monoisotopic (exact) mass is 879 g/mol. The summed E-state index contributed by atoms with van der Waals surface area (Å²) in [5.41, 5.74) is 10.4. The average Bonchev–Trinajstić information content (AvgIpc) is 3.77. The highest BCUT2D eigenvalue weighted by Crippen LogP contribution is 2.38. The van der Waals surface area contributed by atoms with Gasteiger partial charge in [-0.2, -0.15) is 5.10 Å². The van der Waals surface area contributed by atoms with Gasteiger partial charge < -0.3 is 30.8 Å². The molecular formula is C44H50FN11O6S. The van der Waals surface area contributed by atoms with Gasteiger partial charge in [-0.05, 0) is 75.6 Å². The molecule has 0 saturated carbocycles. The van der Waals surface area contributed by atoms with E-state index in [-0.39, 0.29) is 41.9 Å². The smallest absolute Gasteiger partial charge is 0.264 e. The molecule has 0 bridgehead atoms. The number of aryl methyl sites for hydroxylation is 1. The lowest BCUT2D eigenvalue weighted by Gasteiger charge is -2.35. The van der Waals surface area contributed by atoms with Crippen LogP contribution in [0.15, 0.2) is 48.8 Å². The second-order valence-corrected chi connectivity index (χ2v) is 17.8. The number of hydrogen-bond donors (Lipinski definition) is 5. The lowest BCUT2D eigenvalue weighted by atomic mass is 9.91. The van der Waals surface area contributed by atoms with Gasteiger partial charge in [0.1, 0.15) is 29.0 Å². The molecule has 17 nitrogen and oxygen atoms in total. The summed E-state index contributed by atoms with van der Waals surface area (Å²) < 4.78 is 31.3. The highest BCUT2D eigenvalue weighted by molar-refractivity contribution is 7.92. The second kappa shape index (κ2) is 18.2. The van der Waals surface area contributed by atoms with Crippen LogP contribution in [0.3, 0.4) is 0 Å².